The molecule has 0 spiro atoms. The highest BCUT2D eigenvalue weighted by atomic mass is 16.5. The largest absolute Gasteiger partial charge is 0.493 e. The van der Waals surface area contributed by atoms with Gasteiger partial charge in [0.15, 0.2) is 5.96 Å². The van der Waals surface area contributed by atoms with E-state index in [0.29, 0.717) is 19.1 Å². The summed E-state index contributed by atoms with van der Waals surface area (Å²) >= 11 is 0. The van der Waals surface area contributed by atoms with E-state index in [0.717, 1.165) is 43.4 Å². The van der Waals surface area contributed by atoms with Crippen LogP contribution in [0.25, 0.3) is 0 Å². The van der Waals surface area contributed by atoms with Crippen LogP contribution in [-0.4, -0.2) is 30.3 Å². The lowest BCUT2D eigenvalue weighted by atomic mass is 9.73. The Hall–Kier alpha value is -1.75. The van der Waals surface area contributed by atoms with Crippen molar-refractivity contribution in [3.05, 3.63) is 29.8 Å². The number of rotatable bonds is 3. The van der Waals surface area contributed by atoms with Gasteiger partial charge in [-0.1, -0.05) is 38.0 Å². The van der Waals surface area contributed by atoms with Crippen LogP contribution in [0.3, 0.4) is 0 Å². The zero-order valence-corrected chi connectivity index (χ0v) is 13.8. The average Bonchev–Trinajstić information content (AvgIpc) is 2.56. The fraction of sp³-hybridized carbons (Fsp3) is 0.611. The predicted octanol–water partition coefficient (Wildman–Crippen LogP) is 2.36. The maximum atomic E-state index is 10.2. The molecule has 2 aliphatic rings. The summed E-state index contributed by atoms with van der Waals surface area (Å²) in [6.07, 6.45) is 4.72. The normalized spacial score (nSPS) is 31.1. The maximum absolute atomic E-state index is 10.2. The summed E-state index contributed by atoms with van der Waals surface area (Å²) in [5.41, 5.74) is 7.07. The fourth-order valence-corrected chi connectivity index (χ4v) is 3.55. The molecule has 1 saturated carbocycles. The molecule has 5 heteroatoms. The van der Waals surface area contributed by atoms with Gasteiger partial charge in [-0.25, -0.2) is 0 Å². The molecular weight excluding hydrogens is 290 g/mol. The summed E-state index contributed by atoms with van der Waals surface area (Å²) < 4.78 is 5.67. The Balaban J connectivity index is 1.64. The second-order valence-electron chi connectivity index (χ2n) is 6.99. The van der Waals surface area contributed by atoms with Crippen LogP contribution in [0.1, 0.15) is 50.6 Å². The van der Waals surface area contributed by atoms with Gasteiger partial charge in [-0.2, -0.15) is 0 Å². The molecular formula is C18H27N3O2. The smallest absolute Gasteiger partial charge is 0.189 e. The molecule has 3 atom stereocenters. The molecule has 3 rings (SSSR count). The van der Waals surface area contributed by atoms with Gasteiger partial charge in [-0.3, -0.25) is 4.99 Å². The minimum Gasteiger partial charge on any atom is -0.493 e. The molecule has 5 nitrogen and oxygen atoms in total. The lowest BCUT2D eigenvalue weighted by molar-refractivity contribution is 0.00718. The summed E-state index contributed by atoms with van der Waals surface area (Å²) in [6, 6.07) is 8.16. The Morgan fingerprint density at radius 3 is 3.04 bits per heavy atom. The van der Waals surface area contributed by atoms with E-state index in [-0.39, 0.29) is 17.6 Å². The van der Waals surface area contributed by atoms with Crippen LogP contribution >= 0.6 is 0 Å². The van der Waals surface area contributed by atoms with Crippen molar-refractivity contribution in [1.82, 2.24) is 5.32 Å². The number of nitrogens with one attached hydrogen (secondary N) is 1. The number of benzene rings is 1. The van der Waals surface area contributed by atoms with Gasteiger partial charge in [0.25, 0.3) is 0 Å². The van der Waals surface area contributed by atoms with Crippen LogP contribution < -0.4 is 15.8 Å². The molecule has 0 saturated heterocycles. The first kappa shape index (κ1) is 16.1. The Bertz CT molecular complexity index is 575. The average molecular weight is 317 g/mol. The second kappa shape index (κ2) is 6.79. The van der Waals surface area contributed by atoms with E-state index >= 15 is 0 Å². The lowest BCUT2D eigenvalue weighted by Gasteiger charge is -2.37. The molecule has 3 unspecified atom stereocenters. The van der Waals surface area contributed by atoms with Crippen LogP contribution in [-0.2, 0) is 0 Å². The van der Waals surface area contributed by atoms with Crippen molar-refractivity contribution in [2.24, 2.45) is 16.1 Å². The maximum Gasteiger partial charge on any atom is 0.189 e. The van der Waals surface area contributed by atoms with Gasteiger partial charge < -0.3 is 20.9 Å². The van der Waals surface area contributed by atoms with Gasteiger partial charge in [0.1, 0.15) is 5.75 Å². The first-order chi connectivity index (χ1) is 11.1. The minimum atomic E-state index is -0.281. The van der Waals surface area contributed by atoms with Crippen LogP contribution in [0.2, 0.25) is 0 Å². The van der Waals surface area contributed by atoms with Crippen molar-refractivity contribution in [1.29, 1.82) is 0 Å². The van der Waals surface area contributed by atoms with Crippen molar-refractivity contribution < 1.29 is 9.84 Å². The van der Waals surface area contributed by atoms with Crippen molar-refractivity contribution in [2.45, 2.75) is 51.2 Å². The molecule has 23 heavy (non-hydrogen) atoms. The SMILES string of the molecule is CC1(CN=C(N)NC2CCOc3ccccc32)CCCCC1O. The van der Waals surface area contributed by atoms with Crippen LogP contribution in [0.15, 0.2) is 29.3 Å². The van der Waals surface area contributed by atoms with Gasteiger partial charge in [-0.05, 0) is 18.9 Å². The lowest BCUT2D eigenvalue weighted by Crippen LogP contribution is -2.41. The topological polar surface area (TPSA) is 79.9 Å². The second-order valence-corrected chi connectivity index (χ2v) is 6.99. The molecule has 1 aromatic rings. The van der Waals surface area contributed by atoms with Crippen molar-refractivity contribution >= 4 is 5.96 Å². The Labute approximate surface area is 137 Å². The fourth-order valence-electron chi connectivity index (χ4n) is 3.55. The van der Waals surface area contributed by atoms with E-state index in [1.54, 1.807) is 0 Å². The number of hydrogen-bond acceptors (Lipinski definition) is 3. The van der Waals surface area contributed by atoms with E-state index < -0.39 is 0 Å². The summed E-state index contributed by atoms with van der Waals surface area (Å²) in [5, 5.41) is 13.6. The molecule has 1 aromatic carbocycles. The summed E-state index contributed by atoms with van der Waals surface area (Å²) in [5.74, 6) is 1.37. The number of fused-ring (bicyclic) bond motifs is 1. The first-order valence-corrected chi connectivity index (χ1v) is 8.55. The number of para-hydroxylation sites is 1. The molecule has 1 aliphatic carbocycles. The number of nitrogens with zero attached hydrogens (tertiary/aromatic N) is 1. The van der Waals surface area contributed by atoms with Gasteiger partial charge >= 0.3 is 0 Å². The van der Waals surface area contributed by atoms with Crippen LogP contribution in [0, 0.1) is 5.41 Å². The van der Waals surface area contributed by atoms with Gasteiger partial charge in [0, 0.05) is 17.4 Å². The number of guanidine groups is 1. The third kappa shape index (κ3) is 3.61. The van der Waals surface area contributed by atoms with E-state index in [2.05, 4.69) is 23.3 Å². The highest BCUT2D eigenvalue weighted by molar-refractivity contribution is 5.78. The molecule has 126 valence electrons. The van der Waals surface area contributed by atoms with Crippen molar-refractivity contribution in [2.75, 3.05) is 13.2 Å². The zero-order chi connectivity index (χ0) is 16.3. The number of nitrogens with two attached hydrogens (primary N) is 1. The molecule has 1 fully saturated rings. The predicted molar refractivity (Wildman–Crippen MR) is 91.5 cm³/mol. The quantitative estimate of drug-likeness (QED) is 0.590. The Morgan fingerprint density at radius 2 is 2.22 bits per heavy atom. The van der Waals surface area contributed by atoms with Crippen LogP contribution in [0.4, 0.5) is 0 Å². The summed E-state index contributed by atoms with van der Waals surface area (Å²) in [6.45, 7) is 3.35. The zero-order valence-electron chi connectivity index (χ0n) is 13.8. The van der Waals surface area contributed by atoms with Gasteiger partial charge in [0.05, 0.1) is 25.3 Å². The molecule has 0 aromatic heterocycles. The highest BCUT2D eigenvalue weighted by Crippen LogP contribution is 2.36. The van der Waals surface area contributed by atoms with Crippen molar-refractivity contribution in [3.8, 4) is 5.75 Å². The number of ether oxygens (including phenoxy) is 1. The molecule has 0 bridgehead atoms. The molecule has 4 N–H and O–H groups in total. The number of hydrogen-bond donors (Lipinski definition) is 3. The number of aliphatic hydroxyl groups excluding tert-OH is 1. The third-order valence-corrected chi connectivity index (χ3v) is 5.17. The van der Waals surface area contributed by atoms with E-state index in [1.165, 1.54) is 0 Å². The monoisotopic (exact) mass is 317 g/mol. The van der Waals surface area contributed by atoms with E-state index in [4.69, 9.17) is 10.5 Å². The Morgan fingerprint density at radius 1 is 1.39 bits per heavy atom. The number of aliphatic hydroxyl groups is 1. The molecule has 1 aliphatic heterocycles. The van der Waals surface area contributed by atoms with E-state index in [9.17, 15) is 5.11 Å². The number of aliphatic imine (C=N–C) groups is 1. The van der Waals surface area contributed by atoms with Gasteiger partial charge in [0.2, 0.25) is 0 Å². The highest BCUT2D eigenvalue weighted by Gasteiger charge is 2.35. The minimum absolute atomic E-state index is 0.132. The summed E-state index contributed by atoms with van der Waals surface area (Å²) in [4.78, 5) is 4.52. The molecule has 0 amide bonds. The first-order valence-electron chi connectivity index (χ1n) is 8.55. The van der Waals surface area contributed by atoms with E-state index in [1.807, 2.05) is 18.2 Å². The third-order valence-electron chi connectivity index (χ3n) is 5.17. The van der Waals surface area contributed by atoms with Gasteiger partial charge in [-0.15, -0.1) is 0 Å². The molecule has 1 heterocycles. The van der Waals surface area contributed by atoms with Crippen LogP contribution in [0.5, 0.6) is 5.75 Å². The molecule has 0 radical (unpaired) electrons. The Kier molecular flexibility index (Phi) is 4.76. The van der Waals surface area contributed by atoms with Crippen molar-refractivity contribution in [3.63, 3.8) is 0 Å². The standard InChI is InChI=1S/C18H27N3O2/c1-18(10-5-4-8-16(18)22)12-20-17(19)21-14-9-11-23-15-7-3-2-6-13(14)15/h2-3,6-7,14,16,22H,4-5,8-12H2,1H3,(H3,19,20,21). The summed E-state index contributed by atoms with van der Waals surface area (Å²) in [7, 11) is 0.